The average molecular weight is 386 g/mol. The van der Waals surface area contributed by atoms with Crippen molar-refractivity contribution in [2.45, 2.75) is 51.6 Å². The van der Waals surface area contributed by atoms with Crippen LogP contribution in [-0.4, -0.2) is 44.2 Å². The Balaban J connectivity index is 3.27. The number of urea groups is 1. The van der Waals surface area contributed by atoms with Crippen LogP contribution in [0.4, 0.5) is 14.7 Å². The van der Waals surface area contributed by atoms with Gasteiger partial charge in [-0.2, -0.15) is 0 Å². The van der Waals surface area contributed by atoms with Crippen LogP contribution in [0.1, 0.15) is 41.5 Å². The second kappa shape index (κ2) is 7.61. The molecule has 0 saturated heterocycles. The van der Waals surface area contributed by atoms with Crippen molar-refractivity contribution in [2.24, 2.45) is 0 Å². The fourth-order valence-electron chi connectivity index (χ4n) is 3.18. The minimum atomic E-state index is -3.58. The number of hydrogen-bond acceptors (Lipinski definition) is 4. The lowest BCUT2D eigenvalue weighted by atomic mass is 10.2. The summed E-state index contributed by atoms with van der Waals surface area (Å²) >= 11 is 0. The van der Waals surface area contributed by atoms with Gasteiger partial charge in [-0.05, 0) is 10.1 Å². The molecule has 0 saturated carbocycles. The van der Waals surface area contributed by atoms with E-state index in [2.05, 4.69) is 15.6 Å². The van der Waals surface area contributed by atoms with E-state index < -0.39 is 37.0 Å². The topological polar surface area (TPSA) is 101 Å². The number of pyridine rings is 1. The third-order valence-corrected chi connectivity index (χ3v) is 9.42. The number of ether oxygens (including phenoxy) is 1. The molecule has 2 amide bonds. The number of nitrogens with zero attached hydrogens (tertiary/aromatic N) is 1. The van der Waals surface area contributed by atoms with Gasteiger partial charge < -0.3 is 19.3 Å². The summed E-state index contributed by atoms with van der Waals surface area (Å²) in [6.45, 7) is 10.7. The van der Waals surface area contributed by atoms with Crippen molar-refractivity contribution in [1.82, 2.24) is 10.3 Å². The lowest BCUT2D eigenvalue weighted by Gasteiger charge is -2.45. The molecule has 0 radical (unpaired) electrons. The summed E-state index contributed by atoms with van der Waals surface area (Å²) in [6, 6.07) is 0.735. The lowest BCUT2D eigenvalue weighted by molar-refractivity contribution is -0.135. The second-order valence-corrected chi connectivity index (χ2v) is 13.0. The van der Waals surface area contributed by atoms with E-state index in [0.717, 1.165) is 0 Å². The van der Waals surface area contributed by atoms with Gasteiger partial charge in [0.1, 0.15) is 18.1 Å². The second-order valence-electron chi connectivity index (χ2n) is 8.13. The Hall–Kier alpha value is -2.16. The highest BCUT2D eigenvalue weighted by molar-refractivity contribution is 6.91. The van der Waals surface area contributed by atoms with E-state index >= 15 is 4.11 Å². The van der Waals surface area contributed by atoms with Crippen LogP contribution in [0.2, 0.25) is 10.1 Å². The quantitative estimate of drug-likeness (QED) is 0.534. The molecule has 0 atom stereocenters. The molecule has 0 unspecified atom stereocenters. The fourth-order valence-corrected chi connectivity index (χ4v) is 7.80. The summed E-state index contributed by atoms with van der Waals surface area (Å²) in [4.78, 5) is 26.3. The zero-order chi connectivity index (χ0) is 20.3. The number of anilines is 1. The number of hydrogen-bond donors (Lipinski definition) is 3. The first-order valence-corrected chi connectivity index (χ1v) is 10.1. The third kappa shape index (κ3) is 4.51. The summed E-state index contributed by atoms with van der Waals surface area (Å²) in [5.74, 6) is -0.704. The molecule has 0 aliphatic carbocycles. The van der Waals surface area contributed by atoms with Crippen molar-refractivity contribution in [3.05, 3.63) is 12.3 Å². The highest BCUT2D eigenvalue weighted by Crippen LogP contribution is 2.52. The number of carbonyl (C=O) groups is 2. The van der Waals surface area contributed by atoms with Crippen LogP contribution in [0.3, 0.4) is 0 Å². The maximum atomic E-state index is 16.4. The number of nitrogens with one attached hydrogen (secondary N) is 2. The molecule has 0 aliphatic rings. The maximum Gasteiger partial charge on any atom is 0.323 e. The van der Waals surface area contributed by atoms with Crippen LogP contribution in [-0.2, 0) is 4.79 Å². The van der Waals surface area contributed by atoms with Crippen LogP contribution in [0, 0.1) is 0 Å². The molecular formula is C17H28FN3O4Si. The predicted octanol–water partition coefficient (Wildman–Crippen LogP) is 3.02. The van der Waals surface area contributed by atoms with E-state index in [0.29, 0.717) is 10.9 Å². The predicted molar refractivity (Wildman–Crippen MR) is 101 cm³/mol. The smallest absolute Gasteiger partial charge is 0.323 e. The Morgan fingerprint density at radius 3 is 2.19 bits per heavy atom. The number of methoxy groups -OCH3 is 1. The maximum absolute atomic E-state index is 16.4. The number of aliphatic carboxylic acids is 1. The van der Waals surface area contributed by atoms with E-state index in [1.807, 2.05) is 41.5 Å². The number of rotatable bonds is 5. The molecule has 1 aromatic rings. The highest BCUT2D eigenvalue weighted by atomic mass is 28.4. The number of amides is 2. The molecule has 1 aromatic heterocycles. The zero-order valence-corrected chi connectivity index (χ0v) is 17.4. The molecule has 0 spiro atoms. The lowest BCUT2D eigenvalue weighted by Crippen LogP contribution is -2.58. The van der Waals surface area contributed by atoms with Gasteiger partial charge in [-0.3, -0.25) is 10.1 Å². The molecule has 146 valence electrons. The summed E-state index contributed by atoms with van der Waals surface area (Å²) in [6.07, 6.45) is 1.41. The largest absolute Gasteiger partial charge is 0.497 e. The first kappa shape index (κ1) is 21.9. The number of aromatic nitrogens is 1. The standard InChI is InChI=1S/C17H28FN3O4Si/c1-16(2,3)26(18,17(4,5)6)12-9-19-13(8-11(12)25-7)21-15(24)20-10-14(22)23/h8-9H,10H2,1-7H3,(H,22,23)(H2,19,20,21,24). The van der Waals surface area contributed by atoms with E-state index in [9.17, 15) is 9.59 Å². The summed E-state index contributed by atoms with van der Waals surface area (Å²) in [5.41, 5.74) is 0. The van der Waals surface area contributed by atoms with Crippen molar-refractivity contribution < 1.29 is 23.5 Å². The number of carboxylic acid groups (broad SMARTS) is 1. The molecular weight excluding hydrogens is 357 g/mol. The summed E-state index contributed by atoms with van der Waals surface area (Å²) < 4.78 is 21.8. The Morgan fingerprint density at radius 1 is 1.23 bits per heavy atom. The molecule has 26 heavy (non-hydrogen) atoms. The van der Waals surface area contributed by atoms with E-state index in [-0.39, 0.29) is 5.82 Å². The molecule has 9 heteroatoms. The van der Waals surface area contributed by atoms with Crippen LogP contribution >= 0.6 is 0 Å². The highest BCUT2D eigenvalue weighted by Gasteiger charge is 2.58. The minimum absolute atomic E-state index is 0.146. The van der Waals surface area contributed by atoms with Crippen molar-refractivity contribution in [3.8, 4) is 5.75 Å². The van der Waals surface area contributed by atoms with Gasteiger partial charge in [-0.25, -0.2) is 9.78 Å². The van der Waals surface area contributed by atoms with Crippen molar-refractivity contribution in [2.75, 3.05) is 19.0 Å². The van der Waals surface area contributed by atoms with Crippen LogP contribution in [0.25, 0.3) is 0 Å². The average Bonchev–Trinajstić information content (AvgIpc) is 2.49. The Labute approximate surface area is 154 Å². The normalized spacial score (nSPS) is 12.5. The molecule has 0 aromatic carbocycles. The van der Waals surface area contributed by atoms with Crippen LogP contribution < -0.4 is 20.6 Å². The molecule has 7 nitrogen and oxygen atoms in total. The minimum Gasteiger partial charge on any atom is -0.497 e. The van der Waals surface area contributed by atoms with Crippen molar-refractivity contribution in [1.29, 1.82) is 0 Å². The van der Waals surface area contributed by atoms with Crippen LogP contribution in [0.5, 0.6) is 5.75 Å². The van der Waals surface area contributed by atoms with E-state index in [4.69, 9.17) is 9.84 Å². The molecule has 3 N–H and O–H groups in total. The zero-order valence-electron chi connectivity index (χ0n) is 16.4. The van der Waals surface area contributed by atoms with Crippen LogP contribution in [0.15, 0.2) is 12.3 Å². The van der Waals surface area contributed by atoms with Gasteiger partial charge in [0.25, 0.3) is 8.41 Å². The van der Waals surface area contributed by atoms with Gasteiger partial charge >= 0.3 is 12.0 Å². The SMILES string of the molecule is COc1cc(NC(=O)NCC(=O)O)ncc1[Si](F)(C(C)(C)C)C(C)(C)C. The summed E-state index contributed by atoms with van der Waals surface area (Å²) in [5, 5.41) is 12.4. The Kier molecular flexibility index (Phi) is 6.40. The van der Waals surface area contributed by atoms with E-state index in [1.165, 1.54) is 19.4 Å². The van der Waals surface area contributed by atoms with Gasteiger partial charge in [-0.1, -0.05) is 41.5 Å². The molecule has 1 heterocycles. The monoisotopic (exact) mass is 385 g/mol. The van der Waals surface area contributed by atoms with Gasteiger partial charge in [0, 0.05) is 17.4 Å². The molecule has 0 bridgehead atoms. The first-order valence-electron chi connectivity index (χ1n) is 8.24. The van der Waals surface area contributed by atoms with Gasteiger partial charge in [-0.15, -0.1) is 0 Å². The molecule has 0 aliphatic heterocycles. The Bertz CT molecular complexity index is 670. The number of carboxylic acids is 1. The molecule has 0 fully saturated rings. The van der Waals surface area contributed by atoms with Crippen molar-refractivity contribution in [3.63, 3.8) is 0 Å². The number of halogens is 1. The summed E-state index contributed by atoms with van der Waals surface area (Å²) in [7, 11) is -2.14. The molecule has 1 rings (SSSR count). The fraction of sp³-hybridized carbons (Fsp3) is 0.588. The van der Waals surface area contributed by atoms with Gasteiger partial charge in [0.15, 0.2) is 0 Å². The Morgan fingerprint density at radius 2 is 1.77 bits per heavy atom. The van der Waals surface area contributed by atoms with Gasteiger partial charge in [0.05, 0.1) is 7.11 Å². The van der Waals surface area contributed by atoms with E-state index in [1.54, 1.807) is 0 Å². The first-order chi connectivity index (χ1) is 11.7. The van der Waals surface area contributed by atoms with Crippen molar-refractivity contribution >= 4 is 31.4 Å². The number of carbonyl (C=O) groups excluding carboxylic acids is 1. The van der Waals surface area contributed by atoms with Gasteiger partial charge in [0.2, 0.25) is 0 Å². The third-order valence-electron chi connectivity index (χ3n) is 4.17.